The van der Waals surface area contributed by atoms with Crippen molar-refractivity contribution in [1.82, 2.24) is 10.2 Å². The van der Waals surface area contributed by atoms with Gasteiger partial charge < -0.3 is 15.2 Å². The van der Waals surface area contributed by atoms with Gasteiger partial charge in [0.1, 0.15) is 5.75 Å². The van der Waals surface area contributed by atoms with Crippen LogP contribution in [0.15, 0.2) is 24.3 Å². The van der Waals surface area contributed by atoms with Crippen LogP contribution in [-0.2, 0) is 0 Å². The third-order valence-electron chi connectivity index (χ3n) is 3.28. The molecule has 0 radical (unpaired) electrons. The fourth-order valence-electron chi connectivity index (χ4n) is 2.28. The van der Waals surface area contributed by atoms with E-state index >= 15 is 0 Å². The van der Waals surface area contributed by atoms with E-state index in [1.807, 2.05) is 38.1 Å². The molecule has 0 aromatic heterocycles. The van der Waals surface area contributed by atoms with Gasteiger partial charge in [0.05, 0.1) is 12.2 Å². The molecule has 2 rings (SSSR count). The normalized spacial score (nSPS) is 18.5. The molecule has 1 aliphatic rings. The number of hydrogen-bond donors (Lipinski definition) is 2. The molecule has 1 heterocycles. The van der Waals surface area contributed by atoms with Crippen molar-refractivity contribution in [3.05, 3.63) is 29.8 Å². The Morgan fingerprint density at radius 3 is 2.42 bits per heavy atom. The molecule has 1 aromatic carbocycles. The largest absolute Gasteiger partial charge is 0.491 e. The number of β-amino-alcohol motifs (C(OH)–C–C–N with tert-alkyl or cyclic N) is 1. The average molecular weight is 264 g/mol. The fourth-order valence-corrected chi connectivity index (χ4v) is 2.28. The van der Waals surface area contributed by atoms with Crippen LogP contribution < -0.4 is 10.1 Å². The number of piperazine rings is 1. The molecule has 0 aliphatic carbocycles. The van der Waals surface area contributed by atoms with E-state index in [1.54, 1.807) is 0 Å². The van der Waals surface area contributed by atoms with Crippen LogP contribution in [0.25, 0.3) is 0 Å². The molecule has 4 heteroatoms. The Kier molecular flexibility index (Phi) is 5.19. The van der Waals surface area contributed by atoms with Gasteiger partial charge >= 0.3 is 0 Å². The first-order valence-corrected chi connectivity index (χ1v) is 7.03. The van der Waals surface area contributed by atoms with Crippen molar-refractivity contribution in [2.75, 3.05) is 32.7 Å². The zero-order valence-corrected chi connectivity index (χ0v) is 11.8. The highest BCUT2D eigenvalue weighted by molar-refractivity contribution is 5.28. The Balaban J connectivity index is 1.89. The van der Waals surface area contributed by atoms with Crippen LogP contribution in [0.3, 0.4) is 0 Å². The molecule has 1 unspecified atom stereocenters. The molecule has 0 bridgehead atoms. The van der Waals surface area contributed by atoms with E-state index in [0.717, 1.165) is 37.5 Å². The molecule has 4 nitrogen and oxygen atoms in total. The first kappa shape index (κ1) is 14.3. The van der Waals surface area contributed by atoms with Crippen LogP contribution in [0.4, 0.5) is 0 Å². The lowest BCUT2D eigenvalue weighted by Crippen LogP contribution is -2.44. The lowest BCUT2D eigenvalue weighted by Gasteiger charge is -2.29. The predicted molar refractivity (Wildman–Crippen MR) is 76.5 cm³/mol. The molecule has 1 fully saturated rings. The number of aliphatic hydroxyl groups is 1. The highest BCUT2D eigenvalue weighted by Crippen LogP contribution is 2.19. The number of nitrogens with zero attached hydrogens (tertiary/aromatic N) is 1. The summed E-state index contributed by atoms with van der Waals surface area (Å²) in [6.07, 6.45) is -0.247. The van der Waals surface area contributed by atoms with Crippen LogP contribution in [0.5, 0.6) is 5.75 Å². The van der Waals surface area contributed by atoms with Crippen LogP contribution in [0.2, 0.25) is 0 Å². The summed E-state index contributed by atoms with van der Waals surface area (Å²) in [7, 11) is 0. The Hall–Kier alpha value is -1.10. The maximum atomic E-state index is 10.2. The number of benzene rings is 1. The molecule has 106 valence electrons. The molecule has 1 atom stereocenters. The molecule has 0 saturated carbocycles. The molecule has 0 spiro atoms. The minimum Gasteiger partial charge on any atom is -0.491 e. The predicted octanol–water partition coefficient (Wildman–Crippen LogP) is 1.41. The van der Waals surface area contributed by atoms with Gasteiger partial charge in [-0.2, -0.15) is 0 Å². The maximum absolute atomic E-state index is 10.2. The number of nitrogens with one attached hydrogen (secondary N) is 1. The van der Waals surface area contributed by atoms with Crippen molar-refractivity contribution in [2.45, 2.75) is 26.1 Å². The fraction of sp³-hybridized carbons (Fsp3) is 0.600. The molecule has 1 aliphatic heterocycles. The van der Waals surface area contributed by atoms with Crippen molar-refractivity contribution in [1.29, 1.82) is 0 Å². The van der Waals surface area contributed by atoms with E-state index < -0.39 is 6.10 Å². The minimum absolute atomic E-state index is 0.177. The number of hydrogen-bond acceptors (Lipinski definition) is 4. The zero-order chi connectivity index (χ0) is 13.7. The van der Waals surface area contributed by atoms with Crippen LogP contribution >= 0.6 is 0 Å². The Morgan fingerprint density at radius 2 is 1.84 bits per heavy atom. The summed E-state index contributed by atoms with van der Waals surface area (Å²) in [6, 6.07) is 7.75. The number of aliphatic hydroxyl groups excluding tert-OH is 1. The molecule has 0 amide bonds. The monoisotopic (exact) mass is 264 g/mol. The highest BCUT2D eigenvalue weighted by Gasteiger charge is 2.15. The Morgan fingerprint density at radius 1 is 1.21 bits per heavy atom. The second-order valence-corrected chi connectivity index (χ2v) is 5.30. The molecular weight excluding hydrogens is 240 g/mol. The van der Waals surface area contributed by atoms with Gasteiger partial charge in [0.25, 0.3) is 0 Å². The summed E-state index contributed by atoms with van der Waals surface area (Å²) in [6.45, 7) is 8.74. The van der Waals surface area contributed by atoms with Crippen molar-refractivity contribution >= 4 is 0 Å². The quantitative estimate of drug-likeness (QED) is 0.844. The van der Waals surface area contributed by atoms with Crippen LogP contribution in [0.1, 0.15) is 25.5 Å². The Bertz CT molecular complexity index is 372. The summed E-state index contributed by atoms with van der Waals surface area (Å²) in [5.41, 5.74) is 0.953. The molecule has 19 heavy (non-hydrogen) atoms. The Labute approximate surface area is 115 Å². The SMILES string of the molecule is CC(C)Oc1ccc(C(O)CN2CCNCC2)cc1. The maximum Gasteiger partial charge on any atom is 0.119 e. The van der Waals surface area contributed by atoms with E-state index in [9.17, 15) is 5.11 Å². The summed E-state index contributed by atoms with van der Waals surface area (Å²) >= 11 is 0. The van der Waals surface area contributed by atoms with Crippen molar-refractivity contribution < 1.29 is 9.84 Å². The average Bonchev–Trinajstić information content (AvgIpc) is 2.40. The third-order valence-corrected chi connectivity index (χ3v) is 3.28. The van der Waals surface area contributed by atoms with Crippen molar-refractivity contribution in [3.8, 4) is 5.75 Å². The highest BCUT2D eigenvalue weighted by atomic mass is 16.5. The van der Waals surface area contributed by atoms with Crippen molar-refractivity contribution in [3.63, 3.8) is 0 Å². The number of rotatable bonds is 5. The molecule has 1 saturated heterocycles. The summed E-state index contributed by atoms with van der Waals surface area (Å²) < 4.78 is 5.60. The standard InChI is InChI=1S/C15H24N2O2/c1-12(2)19-14-5-3-13(4-6-14)15(18)11-17-9-7-16-8-10-17/h3-6,12,15-16,18H,7-11H2,1-2H3. The first-order valence-electron chi connectivity index (χ1n) is 7.03. The topological polar surface area (TPSA) is 44.7 Å². The van der Waals surface area contributed by atoms with Gasteiger partial charge in [-0.1, -0.05) is 12.1 Å². The first-order chi connectivity index (χ1) is 9.15. The van der Waals surface area contributed by atoms with E-state index in [1.165, 1.54) is 0 Å². The van der Waals surface area contributed by atoms with Crippen molar-refractivity contribution in [2.24, 2.45) is 0 Å². The van der Waals surface area contributed by atoms with E-state index in [2.05, 4.69) is 10.2 Å². The smallest absolute Gasteiger partial charge is 0.119 e. The van der Waals surface area contributed by atoms with Crippen LogP contribution in [-0.4, -0.2) is 48.8 Å². The summed E-state index contributed by atoms with van der Waals surface area (Å²) in [4.78, 5) is 2.29. The van der Waals surface area contributed by atoms with E-state index in [0.29, 0.717) is 6.54 Å². The second kappa shape index (κ2) is 6.89. The van der Waals surface area contributed by atoms with Gasteiger partial charge in [0, 0.05) is 32.7 Å². The second-order valence-electron chi connectivity index (χ2n) is 5.30. The van der Waals surface area contributed by atoms with E-state index in [-0.39, 0.29) is 6.10 Å². The van der Waals surface area contributed by atoms with Gasteiger partial charge in [-0.15, -0.1) is 0 Å². The van der Waals surface area contributed by atoms with Gasteiger partial charge in [-0.05, 0) is 31.5 Å². The van der Waals surface area contributed by atoms with Gasteiger partial charge in [0.2, 0.25) is 0 Å². The summed E-state index contributed by atoms with van der Waals surface area (Å²) in [5.74, 6) is 0.855. The van der Waals surface area contributed by atoms with Crippen LogP contribution in [0, 0.1) is 0 Å². The van der Waals surface area contributed by atoms with Gasteiger partial charge in [-0.3, -0.25) is 4.90 Å². The molecular formula is C15H24N2O2. The summed E-state index contributed by atoms with van der Waals surface area (Å²) in [5, 5.41) is 13.6. The number of ether oxygens (including phenoxy) is 1. The molecule has 1 aromatic rings. The lowest BCUT2D eigenvalue weighted by atomic mass is 10.1. The van der Waals surface area contributed by atoms with Gasteiger partial charge in [-0.25, -0.2) is 0 Å². The lowest BCUT2D eigenvalue weighted by molar-refractivity contribution is 0.105. The third kappa shape index (κ3) is 4.49. The van der Waals surface area contributed by atoms with Gasteiger partial charge in [0.15, 0.2) is 0 Å². The minimum atomic E-state index is -0.425. The molecule has 2 N–H and O–H groups in total. The van der Waals surface area contributed by atoms with E-state index in [4.69, 9.17) is 4.74 Å². The zero-order valence-electron chi connectivity index (χ0n) is 11.8.